The predicted octanol–water partition coefficient (Wildman–Crippen LogP) is 1.38. The zero-order valence-corrected chi connectivity index (χ0v) is 9.82. The third kappa shape index (κ3) is 2.34. The Morgan fingerprint density at radius 3 is 3.00 bits per heavy atom. The lowest BCUT2D eigenvalue weighted by molar-refractivity contribution is 0.102. The van der Waals surface area contributed by atoms with Gasteiger partial charge >= 0.3 is 0 Å². The molecule has 0 saturated heterocycles. The van der Waals surface area contributed by atoms with Crippen LogP contribution in [-0.4, -0.2) is 22.6 Å². The number of rotatable bonds is 3. The predicted molar refractivity (Wildman–Crippen MR) is 65.3 cm³/mol. The number of aromatic nitrogens is 2. The van der Waals surface area contributed by atoms with Crippen LogP contribution in [0.3, 0.4) is 0 Å². The first-order chi connectivity index (χ1) is 8.22. The highest BCUT2D eigenvalue weighted by molar-refractivity contribution is 7.10. The first-order valence-corrected chi connectivity index (χ1v) is 5.51. The second kappa shape index (κ2) is 4.79. The topological polar surface area (TPSA) is 90.1 Å². The van der Waals surface area contributed by atoms with Crippen molar-refractivity contribution in [1.29, 1.82) is 0 Å². The minimum absolute atomic E-state index is 0.305. The van der Waals surface area contributed by atoms with E-state index in [1.165, 1.54) is 13.3 Å². The summed E-state index contributed by atoms with van der Waals surface area (Å²) in [5, 5.41) is 6.86. The normalized spacial score (nSPS) is 9.94. The fourth-order valence-corrected chi connectivity index (χ4v) is 1.78. The number of hydrogen-bond donors (Lipinski definition) is 2. The molecule has 2 aromatic rings. The number of hydrogen-bond acceptors (Lipinski definition) is 6. The molecular formula is C10H10N4O2S. The van der Waals surface area contributed by atoms with Gasteiger partial charge in [0.1, 0.15) is 5.00 Å². The van der Waals surface area contributed by atoms with E-state index in [1.807, 2.05) is 0 Å². The largest absolute Gasteiger partial charge is 0.494 e. The Labute approximate surface area is 102 Å². The Morgan fingerprint density at radius 1 is 1.53 bits per heavy atom. The summed E-state index contributed by atoms with van der Waals surface area (Å²) < 4.78 is 8.75. The van der Waals surface area contributed by atoms with Gasteiger partial charge in [0, 0.05) is 11.5 Å². The van der Waals surface area contributed by atoms with Crippen molar-refractivity contribution in [3.05, 3.63) is 30.0 Å². The van der Waals surface area contributed by atoms with Crippen LogP contribution in [0.2, 0.25) is 0 Å². The highest BCUT2D eigenvalue weighted by Gasteiger charge is 2.15. The Hall–Kier alpha value is -2.15. The molecule has 0 radical (unpaired) electrons. The van der Waals surface area contributed by atoms with Crippen LogP contribution in [0.15, 0.2) is 24.4 Å². The van der Waals surface area contributed by atoms with E-state index in [0.717, 1.165) is 11.5 Å². The number of nitrogen functional groups attached to an aromatic ring is 1. The van der Waals surface area contributed by atoms with E-state index in [1.54, 1.807) is 18.2 Å². The smallest absolute Gasteiger partial charge is 0.260 e. The number of para-hydroxylation sites is 1. The van der Waals surface area contributed by atoms with E-state index < -0.39 is 0 Å². The first-order valence-electron chi connectivity index (χ1n) is 4.73. The number of methoxy groups -OCH3 is 1. The Morgan fingerprint density at radius 2 is 2.35 bits per heavy atom. The average Bonchev–Trinajstić information content (AvgIpc) is 2.81. The van der Waals surface area contributed by atoms with Gasteiger partial charge in [-0.2, -0.15) is 0 Å². The molecule has 17 heavy (non-hydrogen) atoms. The molecule has 0 aliphatic heterocycles. The van der Waals surface area contributed by atoms with Gasteiger partial charge in [0.2, 0.25) is 0 Å². The average molecular weight is 250 g/mol. The fourth-order valence-electron chi connectivity index (χ4n) is 1.36. The molecule has 0 bridgehead atoms. The third-order valence-electron chi connectivity index (χ3n) is 2.09. The van der Waals surface area contributed by atoms with Gasteiger partial charge in [-0.25, -0.2) is 0 Å². The first kappa shape index (κ1) is 11.3. The molecule has 0 fully saturated rings. The number of anilines is 2. The molecule has 2 rings (SSSR count). The summed E-state index contributed by atoms with van der Waals surface area (Å²) in [4.78, 5) is 11.9. The third-order valence-corrected chi connectivity index (χ3v) is 2.67. The van der Waals surface area contributed by atoms with Crippen LogP contribution in [0.25, 0.3) is 0 Å². The van der Waals surface area contributed by atoms with Gasteiger partial charge in [-0.05, 0) is 12.1 Å². The van der Waals surface area contributed by atoms with Crippen LogP contribution in [0.1, 0.15) is 10.4 Å². The second-order valence-corrected chi connectivity index (χ2v) is 3.95. The monoisotopic (exact) mass is 250 g/mol. The molecule has 1 amide bonds. The number of amides is 1. The van der Waals surface area contributed by atoms with E-state index in [0.29, 0.717) is 22.0 Å². The van der Waals surface area contributed by atoms with Crippen molar-refractivity contribution >= 4 is 28.1 Å². The summed E-state index contributed by atoms with van der Waals surface area (Å²) in [5.74, 6) is 0.0580. The molecule has 1 aromatic carbocycles. The van der Waals surface area contributed by atoms with Crippen LogP contribution < -0.4 is 15.8 Å². The summed E-state index contributed by atoms with van der Waals surface area (Å²) in [5.41, 5.74) is 6.51. The molecule has 6 nitrogen and oxygen atoms in total. The standard InChI is InChI=1S/C10H10N4O2S/c1-16-9-6(3-2-4-7(9)11)10(15)13-8-5-12-14-17-8/h2-5H,11H2,1H3,(H,13,15). The van der Waals surface area contributed by atoms with Gasteiger partial charge in [0.05, 0.1) is 24.6 Å². The lowest BCUT2D eigenvalue weighted by Crippen LogP contribution is -2.13. The van der Waals surface area contributed by atoms with Crippen LogP contribution in [-0.2, 0) is 0 Å². The van der Waals surface area contributed by atoms with E-state index in [4.69, 9.17) is 10.5 Å². The molecule has 0 unspecified atom stereocenters. The van der Waals surface area contributed by atoms with Crippen LogP contribution >= 0.6 is 11.5 Å². The lowest BCUT2D eigenvalue weighted by Gasteiger charge is -2.09. The molecular weight excluding hydrogens is 240 g/mol. The van der Waals surface area contributed by atoms with Gasteiger partial charge in [-0.15, -0.1) is 5.10 Å². The maximum absolute atomic E-state index is 11.9. The molecule has 1 aromatic heterocycles. The lowest BCUT2D eigenvalue weighted by atomic mass is 10.1. The minimum Gasteiger partial charge on any atom is -0.494 e. The summed E-state index contributed by atoms with van der Waals surface area (Å²) in [7, 11) is 1.47. The minimum atomic E-state index is -0.305. The zero-order chi connectivity index (χ0) is 12.3. The number of nitrogens with one attached hydrogen (secondary N) is 1. The molecule has 0 aliphatic rings. The number of nitrogens with two attached hydrogens (primary N) is 1. The van der Waals surface area contributed by atoms with E-state index in [9.17, 15) is 4.79 Å². The summed E-state index contributed by atoms with van der Waals surface area (Å²) in [6.45, 7) is 0. The van der Waals surface area contributed by atoms with Gasteiger partial charge < -0.3 is 15.8 Å². The Kier molecular flexibility index (Phi) is 3.20. The molecule has 0 aliphatic carbocycles. The molecule has 7 heteroatoms. The van der Waals surface area contributed by atoms with Crippen molar-refractivity contribution in [3.63, 3.8) is 0 Å². The summed E-state index contributed by atoms with van der Waals surface area (Å²) in [6.07, 6.45) is 1.47. The van der Waals surface area contributed by atoms with Gasteiger partial charge in [-0.3, -0.25) is 4.79 Å². The quantitative estimate of drug-likeness (QED) is 0.803. The number of nitrogens with zero attached hydrogens (tertiary/aromatic N) is 2. The highest BCUT2D eigenvalue weighted by atomic mass is 32.1. The van der Waals surface area contributed by atoms with Crippen molar-refractivity contribution in [3.8, 4) is 5.75 Å². The van der Waals surface area contributed by atoms with Gasteiger partial charge in [0.25, 0.3) is 5.91 Å². The van der Waals surface area contributed by atoms with Crippen molar-refractivity contribution in [2.45, 2.75) is 0 Å². The second-order valence-electron chi connectivity index (χ2n) is 3.16. The van der Waals surface area contributed by atoms with Crippen molar-refractivity contribution < 1.29 is 9.53 Å². The molecule has 0 atom stereocenters. The van der Waals surface area contributed by atoms with Gasteiger partial charge in [-0.1, -0.05) is 10.6 Å². The van der Waals surface area contributed by atoms with Gasteiger partial charge in [0.15, 0.2) is 5.75 Å². The number of ether oxygens (including phenoxy) is 1. The number of benzene rings is 1. The number of carbonyl (C=O) groups is 1. The molecule has 0 spiro atoms. The molecule has 1 heterocycles. The Bertz CT molecular complexity index is 527. The van der Waals surface area contributed by atoms with Crippen LogP contribution in [0.5, 0.6) is 5.75 Å². The Balaban J connectivity index is 2.28. The molecule has 0 saturated carbocycles. The van der Waals surface area contributed by atoms with E-state index in [-0.39, 0.29) is 5.91 Å². The fraction of sp³-hybridized carbons (Fsp3) is 0.100. The molecule has 88 valence electrons. The summed E-state index contributed by atoms with van der Waals surface area (Å²) >= 11 is 1.10. The van der Waals surface area contributed by atoms with Crippen molar-refractivity contribution in [2.24, 2.45) is 0 Å². The summed E-state index contributed by atoms with van der Waals surface area (Å²) in [6, 6.07) is 5.00. The van der Waals surface area contributed by atoms with Crippen molar-refractivity contribution in [1.82, 2.24) is 9.59 Å². The van der Waals surface area contributed by atoms with E-state index in [2.05, 4.69) is 14.9 Å². The SMILES string of the molecule is COc1c(N)cccc1C(=O)Nc1cnns1. The van der Waals surface area contributed by atoms with Crippen molar-refractivity contribution in [2.75, 3.05) is 18.2 Å². The maximum atomic E-state index is 11.9. The van der Waals surface area contributed by atoms with E-state index >= 15 is 0 Å². The zero-order valence-electron chi connectivity index (χ0n) is 9.01. The number of carbonyl (C=O) groups excluding carboxylic acids is 1. The van der Waals surface area contributed by atoms with Crippen LogP contribution in [0, 0.1) is 0 Å². The molecule has 3 N–H and O–H groups in total. The van der Waals surface area contributed by atoms with Crippen LogP contribution in [0.4, 0.5) is 10.7 Å². The maximum Gasteiger partial charge on any atom is 0.260 e. The highest BCUT2D eigenvalue weighted by Crippen LogP contribution is 2.26.